The number of benzene rings is 1. The number of hydrogen-bond acceptors (Lipinski definition) is 3. The van der Waals surface area contributed by atoms with Gasteiger partial charge in [0.2, 0.25) is 0 Å². The van der Waals surface area contributed by atoms with E-state index in [1.54, 1.807) is 35.2 Å². The van der Waals surface area contributed by atoms with E-state index in [1.165, 1.54) is 11.6 Å². The summed E-state index contributed by atoms with van der Waals surface area (Å²) in [5, 5.41) is 7.83. The predicted octanol–water partition coefficient (Wildman–Crippen LogP) is 4.72. The third kappa shape index (κ3) is 4.64. The van der Waals surface area contributed by atoms with Gasteiger partial charge >= 0.3 is 0 Å². The fourth-order valence-electron chi connectivity index (χ4n) is 1.80. The van der Waals surface area contributed by atoms with Crippen LogP contribution in [0.1, 0.15) is 24.9 Å². The van der Waals surface area contributed by atoms with Crippen molar-refractivity contribution in [1.82, 2.24) is 5.32 Å². The average Bonchev–Trinajstić information content (AvgIpc) is 2.93. The molecule has 1 nitrogen and oxygen atoms in total. The standard InChI is InChI=1S/C15H18FNS2/c1-2-7-17-15(12-6-8-18-10-12)11-19-14-5-3-4-13(16)9-14/h3-6,8-10,15,17H,2,7,11H2,1H3. The Balaban J connectivity index is 1.96. The van der Waals surface area contributed by atoms with E-state index in [-0.39, 0.29) is 5.82 Å². The van der Waals surface area contributed by atoms with Crippen molar-refractivity contribution in [2.75, 3.05) is 12.3 Å². The first kappa shape index (κ1) is 14.6. The fraction of sp³-hybridized carbons (Fsp3) is 0.333. The molecule has 4 heteroatoms. The molecule has 1 N–H and O–H groups in total. The molecule has 1 unspecified atom stereocenters. The van der Waals surface area contributed by atoms with Crippen LogP contribution in [0.4, 0.5) is 4.39 Å². The lowest BCUT2D eigenvalue weighted by molar-refractivity contribution is 0.578. The van der Waals surface area contributed by atoms with Crippen LogP contribution in [0.2, 0.25) is 0 Å². The van der Waals surface area contributed by atoms with E-state index < -0.39 is 0 Å². The van der Waals surface area contributed by atoms with Gasteiger partial charge in [-0.05, 0) is 53.6 Å². The zero-order chi connectivity index (χ0) is 13.5. The van der Waals surface area contributed by atoms with E-state index in [0.29, 0.717) is 6.04 Å². The molecule has 0 saturated heterocycles. The van der Waals surface area contributed by atoms with E-state index in [1.807, 2.05) is 6.07 Å². The van der Waals surface area contributed by atoms with E-state index >= 15 is 0 Å². The number of thioether (sulfide) groups is 1. The van der Waals surface area contributed by atoms with Crippen LogP contribution in [0.3, 0.4) is 0 Å². The summed E-state index contributed by atoms with van der Waals surface area (Å²) in [5.74, 6) is 0.749. The Labute approximate surface area is 122 Å². The van der Waals surface area contributed by atoms with Gasteiger partial charge in [-0.15, -0.1) is 11.8 Å². The largest absolute Gasteiger partial charge is 0.309 e. The van der Waals surface area contributed by atoms with Crippen LogP contribution in [-0.2, 0) is 0 Å². The highest BCUT2D eigenvalue weighted by atomic mass is 32.2. The molecule has 0 aliphatic heterocycles. The van der Waals surface area contributed by atoms with Crippen LogP contribution >= 0.6 is 23.1 Å². The normalized spacial score (nSPS) is 12.5. The highest BCUT2D eigenvalue weighted by Gasteiger charge is 2.11. The van der Waals surface area contributed by atoms with Crippen LogP contribution < -0.4 is 5.32 Å². The highest BCUT2D eigenvalue weighted by Crippen LogP contribution is 2.26. The van der Waals surface area contributed by atoms with Crippen molar-refractivity contribution in [3.8, 4) is 0 Å². The molecule has 0 radical (unpaired) electrons. The van der Waals surface area contributed by atoms with Crippen molar-refractivity contribution >= 4 is 23.1 Å². The van der Waals surface area contributed by atoms with Gasteiger partial charge in [0, 0.05) is 16.7 Å². The predicted molar refractivity (Wildman–Crippen MR) is 82.5 cm³/mol. The minimum absolute atomic E-state index is 0.168. The Morgan fingerprint density at radius 3 is 2.95 bits per heavy atom. The minimum Gasteiger partial charge on any atom is -0.309 e. The van der Waals surface area contributed by atoms with Crippen molar-refractivity contribution in [3.63, 3.8) is 0 Å². The van der Waals surface area contributed by atoms with Crippen LogP contribution in [0.25, 0.3) is 0 Å². The summed E-state index contributed by atoms with van der Waals surface area (Å²) in [6.07, 6.45) is 1.12. The lowest BCUT2D eigenvalue weighted by atomic mass is 10.2. The topological polar surface area (TPSA) is 12.0 Å². The molecule has 0 aliphatic rings. The second-order valence-corrected chi connectivity index (χ2v) is 6.21. The molecule has 1 aromatic carbocycles. The lowest BCUT2D eigenvalue weighted by Gasteiger charge is -2.17. The molecule has 1 aromatic heterocycles. The van der Waals surface area contributed by atoms with Crippen LogP contribution in [0, 0.1) is 5.82 Å². The molecule has 0 amide bonds. The first-order valence-electron chi connectivity index (χ1n) is 6.43. The molecule has 102 valence electrons. The number of rotatable bonds is 7. The number of nitrogens with one attached hydrogen (secondary N) is 1. The first-order valence-corrected chi connectivity index (χ1v) is 8.36. The lowest BCUT2D eigenvalue weighted by Crippen LogP contribution is -2.23. The molecular weight excluding hydrogens is 277 g/mol. The number of hydrogen-bond donors (Lipinski definition) is 1. The van der Waals surface area contributed by atoms with Crippen molar-refractivity contribution in [2.24, 2.45) is 0 Å². The molecule has 0 bridgehead atoms. The van der Waals surface area contributed by atoms with Gasteiger partial charge in [-0.2, -0.15) is 11.3 Å². The number of halogens is 1. The SMILES string of the molecule is CCCNC(CSc1cccc(F)c1)c1ccsc1. The van der Waals surface area contributed by atoms with Crippen molar-refractivity contribution in [1.29, 1.82) is 0 Å². The van der Waals surface area contributed by atoms with Gasteiger partial charge in [-0.3, -0.25) is 0 Å². The van der Waals surface area contributed by atoms with Crippen LogP contribution in [0.5, 0.6) is 0 Å². The summed E-state index contributed by atoms with van der Waals surface area (Å²) >= 11 is 3.41. The summed E-state index contributed by atoms with van der Waals surface area (Å²) in [6.45, 7) is 3.17. The summed E-state index contributed by atoms with van der Waals surface area (Å²) in [7, 11) is 0. The first-order chi connectivity index (χ1) is 9.29. The zero-order valence-corrected chi connectivity index (χ0v) is 12.6. The van der Waals surface area contributed by atoms with Gasteiger partial charge in [0.25, 0.3) is 0 Å². The van der Waals surface area contributed by atoms with Crippen LogP contribution in [0.15, 0.2) is 46.0 Å². The molecule has 2 rings (SSSR count). The van der Waals surface area contributed by atoms with Gasteiger partial charge in [0.05, 0.1) is 0 Å². The third-order valence-corrected chi connectivity index (χ3v) is 4.59. The van der Waals surface area contributed by atoms with Gasteiger partial charge in [-0.25, -0.2) is 4.39 Å². The highest BCUT2D eigenvalue weighted by molar-refractivity contribution is 7.99. The van der Waals surface area contributed by atoms with Crippen LogP contribution in [-0.4, -0.2) is 12.3 Å². The third-order valence-electron chi connectivity index (χ3n) is 2.80. The van der Waals surface area contributed by atoms with Crippen molar-refractivity contribution < 1.29 is 4.39 Å². The Morgan fingerprint density at radius 2 is 2.26 bits per heavy atom. The minimum atomic E-state index is -0.168. The summed E-state index contributed by atoms with van der Waals surface area (Å²) in [6, 6.07) is 9.28. The van der Waals surface area contributed by atoms with Gasteiger partial charge < -0.3 is 5.32 Å². The van der Waals surface area contributed by atoms with Gasteiger partial charge in [-0.1, -0.05) is 13.0 Å². The molecular formula is C15H18FNS2. The molecule has 0 saturated carbocycles. The Hall–Kier alpha value is -0.840. The summed E-state index contributed by atoms with van der Waals surface area (Å²) < 4.78 is 13.1. The second kappa shape index (κ2) is 7.68. The second-order valence-electron chi connectivity index (χ2n) is 4.33. The van der Waals surface area contributed by atoms with Gasteiger partial charge in [0.15, 0.2) is 0 Å². The molecule has 19 heavy (non-hydrogen) atoms. The maximum Gasteiger partial charge on any atom is 0.124 e. The maximum atomic E-state index is 13.1. The zero-order valence-electron chi connectivity index (χ0n) is 10.9. The molecule has 1 atom stereocenters. The molecule has 0 aliphatic carbocycles. The van der Waals surface area contributed by atoms with Gasteiger partial charge in [0.1, 0.15) is 5.82 Å². The maximum absolute atomic E-state index is 13.1. The van der Waals surface area contributed by atoms with E-state index in [0.717, 1.165) is 23.6 Å². The molecule has 2 aromatic rings. The quantitative estimate of drug-likeness (QED) is 0.742. The smallest absolute Gasteiger partial charge is 0.124 e. The fourth-order valence-corrected chi connectivity index (χ4v) is 3.56. The Kier molecular flexibility index (Phi) is 5.89. The Bertz CT molecular complexity index is 485. The Morgan fingerprint density at radius 1 is 1.37 bits per heavy atom. The number of thiophene rings is 1. The average molecular weight is 295 g/mol. The molecule has 0 fully saturated rings. The van der Waals surface area contributed by atoms with E-state index in [9.17, 15) is 4.39 Å². The monoisotopic (exact) mass is 295 g/mol. The van der Waals surface area contributed by atoms with E-state index in [4.69, 9.17) is 0 Å². The molecule has 1 heterocycles. The summed E-state index contributed by atoms with van der Waals surface area (Å²) in [5.41, 5.74) is 1.32. The van der Waals surface area contributed by atoms with Crippen molar-refractivity contribution in [2.45, 2.75) is 24.3 Å². The molecule has 0 spiro atoms. The van der Waals surface area contributed by atoms with Crippen molar-refractivity contribution in [3.05, 3.63) is 52.5 Å². The van der Waals surface area contributed by atoms with E-state index in [2.05, 4.69) is 29.1 Å². The summed E-state index contributed by atoms with van der Waals surface area (Å²) in [4.78, 5) is 0.985.